The average molecular weight is 245 g/mol. The lowest BCUT2D eigenvalue weighted by molar-refractivity contribution is 0.349. The van der Waals surface area contributed by atoms with E-state index in [1.807, 2.05) is 0 Å². The molecular weight excluding hydrogens is 226 g/mol. The molecule has 0 atom stereocenters. The first-order valence-corrected chi connectivity index (χ1v) is 6.61. The molecule has 2 heteroatoms. The third-order valence-electron chi connectivity index (χ3n) is 2.99. The summed E-state index contributed by atoms with van der Waals surface area (Å²) in [7, 11) is 2.13. The van der Waals surface area contributed by atoms with Crippen LogP contribution in [0.15, 0.2) is 36.4 Å². The minimum atomic E-state index is 0.906. The molecule has 0 amide bonds. The monoisotopic (exact) mass is 245 g/mol. The zero-order chi connectivity index (χ0) is 12.3. The molecule has 0 fully saturated rings. The summed E-state index contributed by atoms with van der Waals surface area (Å²) in [5.41, 5.74) is 2.68. The molecule has 0 saturated carbocycles. The Morgan fingerprint density at radius 2 is 1.76 bits per heavy atom. The lowest BCUT2D eigenvalue weighted by atomic mass is 10.0. The number of benzene rings is 2. The number of thiol groups is 1. The lowest BCUT2D eigenvalue weighted by Gasteiger charge is -2.15. The molecule has 2 aromatic carbocycles. The number of aryl methyl sites for hydroxylation is 1. The van der Waals surface area contributed by atoms with Gasteiger partial charge in [0, 0.05) is 18.8 Å². The van der Waals surface area contributed by atoms with E-state index in [9.17, 15) is 0 Å². The Labute approximate surface area is 109 Å². The fraction of sp³-hybridized carbons (Fsp3) is 0.333. The van der Waals surface area contributed by atoms with E-state index in [0.29, 0.717) is 0 Å². The van der Waals surface area contributed by atoms with Crippen LogP contribution in [0, 0.1) is 6.92 Å². The highest BCUT2D eigenvalue weighted by Crippen LogP contribution is 2.18. The van der Waals surface area contributed by atoms with E-state index in [1.165, 1.54) is 21.9 Å². The number of rotatable bonds is 4. The van der Waals surface area contributed by atoms with E-state index in [-0.39, 0.29) is 0 Å². The maximum absolute atomic E-state index is 4.25. The van der Waals surface area contributed by atoms with Crippen LogP contribution >= 0.6 is 12.6 Å². The third kappa shape index (κ3) is 3.24. The minimum Gasteiger partial charge on any atom is -0.301 e. The summed E-state index contributed by atoms with van der Waals surface area (Å²) < 4.78 is 0. The summed E-state index contributed by atoms with van der Waals surface area (Å²) >= 11 is 4.25. The van der Waals surface area contributed by atoms with Gasteiger partial charge in [0.05, 0.1) is 0 Å². The molecule has 0 aliphatic rings. The largest absolute Gasteiger partial charge is 0.301 e. The van der Waals surface area contributed by atoms with Crippen LogP contribution in [0.1, 0.15) is 11.1 Å². The maximum Gasteiger partial charge on any atom is 0.0231 e. The van der Waals surface area contributed by atoms with Gasteiger partial charge in [0.25, 0.3) is 0 Å². The molecule has 0 radical (unpaired) electrons. The molecule has 2 rings (SSSR count). The van der Waals surface area contributed by atoms with Gasteiger partial charge in [-0.15, -0.1) is 0 Å². The van der Waals surface area contributed by atoms with E-state index in [4.69, 9.17) is 0 Å². The fourth-order valence-electron chi connectivity index (χ4n) is 2.07. The Balaban J connectivity index is 2.23. The molecule has 0 N–H and O–H groups in total. The normalized spacial score (nSPS) is 11.3. The van der Waals surface area contributed by atoms with Crippen LogP contribution in [0.5, 0.6) is 0 Å². The van der Waals surface area contributed by atoms with Gasteiger partial charge in [0.15, 0.2) is 0 Å². The predicted molar refractivity (Wildman–Crippen MR) is 78.9 cm³/mol. The summed E-state index contributed by atoms with van der Waals surface area (Å²) in [6.45, 7) is 4.15. The van der Waals surface area contributed by atoms with Crippen molar-refractivity contribution in [2.24, 2.45) is 0 Å². The summed E-state index contributed by atoms with van der Waals surface area (Å²) in [5.74, 6) is 0.906. The molecule has 0 aliphatic heterocycles. The van der Waals surface area contributed by atoms with E-state index in [1.54, 1.807) is 0 Å². The van der Waals surface area contributed by atoms with Gasteiger partial charge >= 0.3 is 0 Å². The maximum atomic E-state index is 4.25. The first-order chi connectivity index (χ1) is 8.19. The van der Waals surface area contributed by atoms with E-state index < -0.39 is 0 Å². The van der Waals surface area contributed by atoms with Gasteiger partial charge in [-0.25, -0.2) is 0 Å². The van der Waals surface area contributed by atoms with Gasteiger partial charge in [0.2, 0.25) is 0 Å². The van der Waals surface area contributed by atoms with Gasteiger partial charge in [-0.1, -0.05) is 35.9 Å². The van der Waals surface area contributed by atoms with Crippen LogP contribution < -0.4 is 0 Å². The second-order valence-corrected chi connectivity index (χ2v) is 5.09. The summed E-state index contributed by atoms with van der Waals surface area (Å²) in [4.78, 5) is 2.29. The molecule has 0 aliphatic carbocycles. The van der Waals surface area contributed by atoms with Crippen molar-refractivity contribution in [2.45, 2.75) is 13.5 Å². The highest BCUT2D eigenvalue weighted by molar-refractivity contribution is 7.80. The molecule has 0 unspecified atom stereocenters. The molecule has 0 heterocycles. The summed E-state index contributed by atoms with van der Waals surface area (Å²) in [6.07, 6.45) is 0. The standard InChI is InChI=1S/C15H19NS/c1-12-3-5-15-10-13(4-6-14(15)9-12)11-16(2)7-8-17/h3-6,9-10,17H,7-8,11H2,1-2H3. The first kappa shape index (κ1) is 12.5. The zero-order valence-electron chi connectivity index (χ0n) is 10.5. The van der Waals surface area contributed by atoms with E-state index in [0.717, 1.165) is 18.8 Å². The van der Waals surface area contributed by atoms with Gasteiger partial charge in [-0.2, -0.15) is 12.6 Å². The zero-order valence-corrected chi connectivity index (χ0v) is 11.4. The highest BCUT2D eigenvalue weighted by atomic mass is 32.1. The minimum absolute atomic E-state index is 0.906. The molecular formula is C15H19NS. The van der Waals surface area contributed by atoms with Crippen molar-refractivity contribution in [3.05, 3.63) is 47.5 Å². The lowest BCUT2D eigenvalue weighted by Crippen LogP contribution is -2.19. The van der Waals surface area contributed by atoms with Gasteiger partial charge in [-0.3, -0.25) is 0 Å². The van der Waals surface area contributed by atoms with Crippen LogP contribution in [0.2, 0.25) is 0 Å². The first-order valence-electron chi connectivity index (χ1n) is 5.98. The molecule has 0 aromatic heterocycles. The Morgan fingerprint density at radius 1 is 1.06 bits per heavy atom. The fourth-order valence-corrected chi connectivity index (χ4v) is 2.42. The summed E-state index contributed by atoms with van der Waals surface area (Å²) in [6, 6.07) is 13.3. The molecule has 0 saturated heterocycles. The molecule has 0 bridgehead atoms. The van der Waals surface area contributed by atoms with Crippen LogP contribution in [-0.4, -0.2) is 24.2 Å². The van der Waals surface area contributed by atoms with Crippen molar-refractivity contribution >= 4 is 23.4 Å². The van der Waals surface area contributed by atoms with Crippen LogP contribution in [0.25, 0.3) is 10.8 Å². The van der Waals surface area contributed by atoms with Crippen molar-refractivity contribution in [2.75, 3.05) is 19.3 Å². The molecule has 90 valence electrons. The SMILES string of the molecule is Cc1ccc2cc(CN(C)CCS)ccc2c1. The molecule has 1 nitrogen and oxygen atoms in total. The topological polar surface area (TPSA) is 3.24 Å². The van der Waals surface area contributed by atoms with Crippen LogP contribution in [0.3, 0.4) is 0 Å². The number of hydrogen-bond donors (Lipinski definition) is 1. The van der Waals surface area contributed by atoms with Gasteiger partial charge < -0.3 is 4.90 Å². The number of nitrogens with zero attached hydrogens (tertiary/aromatic N) is 1. The quantitative estimate of drug-likeness (QED) is 0.807. The predicted octanol–water partition coefficient (Wildman–Crippen LogP) is 3.51. The van der Waals surface area contributed by atoms with Crippen molar-refractivity contribution in [1.82, 2.24) is 4.90 Å². The Bertz CT molecular complexity index is 507. The molecule has 0 spiro atoms. The second-order valence-electron chi connectivity index (χ2n) is 4.65. The second kappa shape index (κ2) is 5.56. The van der Waals surface area contributed by atoms with Gasteiger partial charge in [0.1, 0.15) is 0 Å². The van der Waals surface area contributed by atoms with Crippen LogP contribution in [-0.2, 0) is 6.54 Å². The van der Waals surface area contributed by atoms with E-state index >= 15 is 0 Å². The van der Waals surface area contributed by atoms with Crippen LogP contribution in [0.4, 0.5) is 0 Å². The van der Waals surface area contributed by atoms with Gasteiger partial charge in [-0.05, 0) is 36.4 Å². The highest BCUT2D eigenvalue weighted by Gasteiger charge is 2.01. The Morgan fingerprint density at radius 3 is 2.53 bits per heavy atom. The number of fused-ring (bicyclic) bond motifs is 1. The van der Waals surface area contributed by atoms with Crippen molar-refractivity contribution in [1.29, 1.82) is 0 Å². The summed E-state index contributed by atoms with van der Waals surface area (Å²) in [5, 5.41) is 2.65. The Hall–Kier alpha value is -0.990. The van der Waals surface area contributed by atoms with Crippen molar-refractivity contribution < 1.29 is 0 Å². The van der Waals surface area contributed by atoms with Crippen molar-refractivity contribution in [3.63, 3.8) is 0 Å². The smallest absolute Gasteiger partial charge is 0.0231 e. The third-order valence-corrected chi connectivity index (χ3v) is 3.19. The Kier molecular flexibility index (Phi) is 4.08. The van der Waals surface area contributed by atoms with E-state index in [2.05, 4.69) is 67.9 Å². The molecule has 2 aromatic rings. The molecule has 17 heavy (non-hydrogen) atoms. The average Bonchev–Trinajstić information content (AvgIpc) is 2.29. The van der Waals surface area contributed by atoms with Crippen molar-refractivity contribution in [3.8, 4) is 0 Å². The number of hydrogen-bond acceptors (Lipinski definition) is 2.